The van der Waals surface area contributed by atoms with Crippen molar-refractivity contribution in [2.75, 3.05) is 11.1 Å². The van der Waals surface area contributed by atoms with Crippen molar-refractivity contribution in [1.82, 2.24) is 0 Å². The van der Waals surface area contributed by atoms with Crippen LogP contribution in [0.4, 0.5) is 20.2 Å². The Morgan fingerprint density at radius 1 is 1.14 bits per heavy atom. The van der Waals surface area contributed by atoms with Crippen LogP contribution in [-0.4, -0.2) is 5.91 Å². The Bertz CT molecular complexity index is 717. The molecule has 8 heteroatoms. The molecule has 0 bridgehead atoms. The maximum absolute atomic E-state index is 13.3. The minimum Gasteiger partial charge on any atom is -0.396 e. The molecule has 0 fully saturated rings. The van der Waals surface area contributed by atoms with E-state index in [4.69, 9.17) is 28.9 Å². The molecule has 0 spiro atoms. The summed E-state index contributed by atoms with van der Waals surface area (Å²) in [5.74, 6) is -1.91. The first-order valence-electron chi connectivity index (χ1n) is 5.50. The number of nitrogens with two attached hydrogens (primary N) is 1. The van der Waals surface area contributed by atoms with Gasteiger partial charge in [0.1, 0.15) is 11.6 Å². The van der Waals surface area contributed by atoms with E-state index in [0.29, 0.717) is 0 Å². The number of nitrogen functional groups attached to an aromatic ring is 1. The first kappa shape index (κ1) is 16.0. The van der Waals surface area contributed by atoms with E-state index in [2.05, 4.69) is 21.2 Å². The highest BCUT2D eigenvalue weighted by Gasteiger charge is 2.17. The summed E-state index contributed by atoms with van der Waals surface area (Å²) >= 11 is 14.7. The first-order chi connectivity index (χ1) is 9.79. The van der Waals surface area contributed by atoms with Gasteiger partial charge in [0.2, 0.25) is 0 Å². The van der Waals surface area contributed by atoms with Gasteiger partial charge >= 0.3 is 0 Å². The molecule has 3 N–H and O–H groups in total. The number of carbonyl (C=O) groups is 1. The lowest BCUT2D eigenvalue weighted by Crippen LogP contribution is -2.14. The molecule has 0 atom stereocenters. The average molecular weight is 396 g/mol. The fraction of sp³-hybridized carbons (Fsp3) is 0. The molecule has 0 radical (unpaired) electrons. The molecule has 2 rings (SSSR count). The van der Waals surface area contributed by atoms with E-state index in [9.17, 15) is 13.6 Å². The van der Waals surface area contributed by atoms with Gasteiger partial charge in [-0.1, -0.05) is 23.2 Å². The van der Waals surface area contributed by atoms with Crippen LogP contribution in [0, 0.1) is 11.6 Å². The molecule has 2 aromatic rings. The molecule has 0 aromatic heterocycles. The first-order valence-corrected chi connectivity index (χ1v) is 7.05. The van der Waals surface area contributed by atoms with Crippen molar-refractivity contribution in [3.8, 4) is 0 Å². The monoisotopic (exact) mass is 394 g/mol. The van der Waals surface area contributed by atoms with Crippen LogP contribution < -0.4 is 11.1 Å². The molecule has 0 saturated carbocycles. The number of anilines is 2. The van der Waals surface area contributed by atoms with Gasteiger partial charge in [-0.05, 0) is 40.2 Å². The Balaban J connectivity index is 2.37. The van der Waals surface area contributed by atoms with Crippen molar-refractivity contribution in [2.45, 2.75) is 0 Å². The third-order valence-electron chi connectivity index (χ3n) is 2.58. The van der Waals surface area contributed by atoms with Crippen LogP contribution in [0.5, 0.6) is 0 Å². The number of carbonyl (C=O) groups excluding carboxylic acids is 1. The summed E-state index contributed by atoms with van der Waals surface area (Å²) in [5.41, 5.74) is 5.39. The van der Waals surface area contributed by atoms with Crippen molar-refractivity contribution in [1.29, 1.82) is 0 Å². The van der Waals surface area contributed by atoms with Crippen LogP contribution in [0.1, 0.15) is 10.4 Å². The Morgan fingerprint density at radius 3 is 2.29 bits per heavy atom. The highest BCUT2D eigenvalue weighted by Crippen LogP contribution is 2.32. The largest absolute Gasteiger partial charge is 0.396 e. The highest BCUT2D eigenvalue weighted by molar-refractivity contribution is 9.10. The zero-order valence-corrected chi connectivity index (χ0v) is 13.3. The van der Waals surface area contributed by atoms with Crippen molar-refractivity contribution in [3.05, 3.63) is 56.0 Å². The number of benzene rings is 2. The van der Waals surface area contributed by atoms with Crippen molar-refractivity contribution >= 4 is 56.4 Å². The predicted molar refractivity (Wildman–Crippen MR) is 82.9 cm³/mol. The second kappa shape index (κ2) is 6.17. The maximum atomic E-state index is 13.3. The molecule has 0 unspecified atom stereocenters. The molecule has 0 aliphatic heterocycles. The minimum absolute atomic E-state index is 0.0551. The van der Waals surface area contributed by atoms with Crippen molar-refractivity contribution < 1.29 is 13.6 Å². The molecule has 0 heterocycles. The van der Waals surface area contributed by atoms with Crippen LogP contribution in [0.15, 0.2) is 28.7 Å². The minimum atomic E-state index is -0.656. The van der Waals surface area contributed by atoms with Crippen LogP contribution >= 0.6 is 39.1 Å². The summed E-state index contributed by atoms with van der Waals surface area (Å²) in [7, 11) is 0. The summed E-state index contributed by atoms with van der Waals surface area (Å²) < 4.78 is 26.5. The Kier molecular flexibility index (Phi) is 4.70. The molecule has 110 valence electrons. The Hall–Kier alpha value is -1.37. The van der Waals surface area contributed by atoms with Crippen molar-refractivity contribution in [2.24, 2.45) is 0 Å². The highest BCUT2D eigenvalue weighted by atomic mass is 79.9. The van der Waals surface area contributed by atoms with E-state index in [1.807, 2.05) is 0 Å². The van der Waals surface area contributed by atoms with Gasteiger partial charge in [0.15, 0.2) is 0 Å². The summed E-state index contributed by atoms with van der Waals surface area (Å²) in [4.78, 5) is 12.2. The van der Waals surface area contributed by atoms with Gasteiger partial charge in [-0.2, -0.15) is 0 Å². The SMILES string of the molecule is Nc1cc(C(=O)Nc2c(Cl)cc(F)cc2Cl)c(Br)cc1F. The van der Waals surface area contributed by atoms with Crippen LogP contribution in [0.3, 0.4) is 0 Å². The van der Waals surface area contributed by atoms with E-state index in [1.165, 1.54) is 6.07 Å². The second-order valence-corrected chi connectivity index (χ2v) is 5.72. The summed E-state index contributed by atoms with van der Waals surface area (Å²) in [5, 5.41) is 2.32. The number of halogens is 5. The summed E-state index contributed by atoms with van der Waals surface area (Å²) in [6.07, 6.45) is 0. The Morgan fingerprint density at radius 2 is 1.71 bits per heavy atom. The standard InChI is InChI=1S/C13H7BrCl2F2N2O/c14-7-4-10(18)11(19)3-6(7)13(21)20-12-8(15)1-5(17)2-9(12)16/h1-4H,19H2,(H,20,21). The topological polar surface area (TPSA) is 55.1 Å². The molecular formula is C13H7BrCl2F2N2O. The molecule has 1 amide bonds. The van der Waals surface area contributed by atoms with Gasteiger partial charge < -0.3 is 11.1 Å². The van der Waals surface area contributed by atoms with Crippen LogP contribution in [0.25, 0.3) is 0 Å². The Labute approximate surface area is 137 Å². The van der Waals surface area contributed by atoms with E-state index < -0.39 is 17.5 Å². The zero-order chi connectivity index (χ0) is 15.7. The van der Waals surface area contributed by atoms with Gasteiger partial charge in [-0.15, -0.1) is 0 Å². The number of nitrogens with one attached hydrogen (secondary N) is 1. The third-order valence-corrected chi connectivity index (χ3v) is 3.83. The summed E-state index contributed by atoms with van der Waals surface area (Å²) in [6, 6.07) is 4.26. The fourth-order valence-electron chi connectivity index (χ4n) is 1.58. The maximum Gasteiger partial charge on any atom is 0.256 e. The number of amides is 1. The molecule has 0 saturated heterocycles. The van der Waals surface area contributed by atoms with Crippen LogP contribution in [0.2, 0.25) is 10.0 Å². The lowest BCUT2D eigenvalue weighted by Gasteiger charge is -2.11. The van der Waals surface area contributed by atoms with Crippen LogP contribution in [-0.2, 0) is 0 Å². The van der Waals surface area contributed by atoms with E-state index in [-0.39, 0.29) is 31.5 Å². The second-order valence-electron chi connectivity index (χ2n) is 4.05. The molecule has 0 aliphatic rings. The molecule has 3 nitrogen and oxygen atoms in total. The molecular weight excluding hydrogens is 389 g/mol. The average Bonchev–Trinajstić information content (AvgIpc) is 2.37. The van der Waals surface area contributed by atoms with E-state index in [0.717, 1.165) is 18.2 Å². The normalized spacial score (nSPS) is 10.5. The quantitative estimate of drug-likeness (QED) is 0.712. The fourth-order valence-corrected chi connectivity index (χ4v) is 2.63. The van der Waals surface area contributed by atoms with Gasteiger partial charge in [-0.25, -0.2) is 8.78 Å². The predicted octanol–water partition coefficient (Wildman–Crippen LogP) is 4.87. The van der Waals surface area contributed by atoms with E-state index in [1.54, 1.807) is 0 Å². The molecule has 2 aromatic carbocycles. The number of hydrogen-bond donors (Lipinski definition) is 2. The third kappa shape index (κ3) is 3.45. The van der Waals surface area contributed by atoms with Gasteiger partial charge in [0.05, 0.1) is 27.0 Å². The number of rotatable bonds is 2. The van der Waals surface area contributed by atoms with Crippen molar-refractivity contribution in [3.63, 3.8) is 0 Å². The van der Waals surface area contributed by atoms with E-state index >= 15 is 0 Å². The number of hydrogen-bond acceptors (Lipinski definition) is 2. The lowest BCUT2D eigenvalue weighted by atomic mass is 10.1. The molecule has 21 heavy (non-hydrogen) atoms. The van der Waals surface area contributed by atoms with Gasteiger partial charge in [0.25, 0.3) is 5.91 Å². The zero-order valence-electron chi connectivity index (χ0n) is 10.2. The summed E-state index contributed by atoms with van der Waals surface area (Å²) in [6.45, 7) is 0. The smallest absolute Gasteiger partial charge is 0.256 e. The van der Waals surface area contributed by atoms with Gasteiger partial charge in [-0.3, -0.25) is 4.79 Å². The molecule has 0 aliphatic carbocycles. The lowest BCUT2D eigenvalue weighted by molar-refractivity contribution is 0.102. The van der Waals surface area contributed by atoms with Gasteiger partial charge in [0, 0.05) is 4.47 Å².